The van der Waals surface area contributed by atoms with Gasteiger partial charge < -0.3 is 15.2 Å². The maximum atomic E-state index is 12.7. The number of phenols is 1. The van der Waals surface area contributed by atoms with E-state index in [1.807, 2.05) is 0 Å². The number of benzene rings is 3. The topological polar surface area (TPSA) is 105 Å². The third kappa shape index (κ3) is 5.70. The Morgan fingerprint density at radius 1 is 0.871 bits per heavy atom. The zero-order chi connectivity index (χ0) is 22.2. The third-order valence-corrected chi connectivity index (χ3v) is 4.62. The van der Waals surface area contributed by atoms with E-state index in [0.717, 1.165) is 5.56 Å². The van der Waals surface area contributed by atoms with Gasteiger partial charge in [-0.05, 0) is 48.4 Å². The molecule has 0 fully saturated rings. The smallest absolute Gasteiger partial charge is 0.321 e. The number of phenolic OH excluding ortho intramolecular Hbond substituents is 1. The summed E-state index contributed by atoms with van der Waals surface area (Å²) in [4.78, 5) is 36.9. The molecule has 0 aliphatic heterocycles. The first-order valence-corrected chi connectivity index (χ1v) is 9.63. The molecule has 3 rings (SSSR count). The van der Waals surface area contributed by atoms with E-state index in [1.165, 1.54) is 31.4 Å². The predicted octanol–water partition coefficient (Wildman–Crippen LogP) is 3.31. The van der Waals surface area contributed by atoms with Crippen LogP contribution in [0, 0.1) is 0 Å². The highest BCUT2D eigenvalue weighted by Crippen LogP contribution is 2.21. The van der Waals surface area contributed by atoms with E-state index in [-0.39, 0.29) is 17.1 Å². The van der Waals surface area contributed by atoms with Gasteiger partial charge in [0.1, 0.15) is 11.5 Å². The number of rotatable bonds is 7. The van der Waals surface area contributed by atoms with Gasteiger partial charge in [-0.25, -0.2) is 4.79 Å². The summed E-state index contributed by atoms with van der Waals surface area (Å²) in [6, 6.07) is 19.0. The molecule has 0 radical (unpaired) electrons. The van der Waals surface area contributed by atoms with E-state index in [0.29, 0.717) is 29.8 Å². The van der Waals surface area contributed by atoms with E-state index in [1.54, 1.807) is 48.5 Å². The summed E-state index contributed by atoms with van der Waals surface area (Å²) in [6.07, 6.45) is 0.557. The first kappa shape index (κ1) is 21.6. The molecule has 3 N–H and O–H groups in total. The summed E-state index contributed by atoms with van der Waals surface area (Å²) < 4.78 is 5.22. The average Bonchev–Trinajstić information content (AvgIpc) is 2.80. The van der Waals surface area contributed by atoms with Crippen LogP contribution < -0.4 is 15.4 Å². The van der Waals surface area contributed by atoms with Crippen molar-refractivity contribution in [1.29, 1.82) is 0 Å². The predicted molar refractivity (Wildman–Crippen MR) is 116 cm³/mol. The van der Waals surface area contributed by atoms with E-state index >= 15 is 0 Å². The van der Waals surface area contributed by atoms with Crippen LogP contribution >= 0.6 is 0 Å². The molecular weight excluding hydrogens is 396 g/mol. The number of urea groups is 1. The molecule has 3 aromatic rings. The lowest BCUT2D eigenvalue weighted by atomic mass is 10.0. The number of hydrogen-bond donors (Lipinski definition) is 3. The maximum Gasteiger partial charge on any atom is 0.321 e. The molecule has 0 bridgehead atoms. The summed E-state index contributed by atoms with van der Waals surface area (Å²) in [5, 5.41) is 14.1. The van der Waals surface area contributed by atoms with E-state index in [4.69, 9.17) is 4.74 Å². The van der Waals surface area contributed by atoms with Crippen molar-refractivity contribution in [2.75, 3.05) is 13.7 Å². The second kappa shape index (κ2) is 10.1. The Labute approximate surface area is 179 Å². The van der Waals surface area contributed by atoms with E-state index < -0.39 is 11.9 Å². The molecule has 158 valence electrons. The Morgan fingerprint density at radius 2 is 1.52 bits per heavy atom. The molecule has 0 aromatic heterocycles. The summed E-state index contributed by atoms with van der Waals surface area (Å²) in [7, 11) is 1.50. The van der Waals surface area contributed by atoms with Gasteiger partial charge in [0.15, 0.2) is 5.78 Å². The van der Waals surface area contributed by atoms with Crippen LogP contribution in [0.2, 0.25) is 0 Å². The van der Waals surface area contributed by atoms with Crippen LogP contribution in [-0.2, 0) is 6.42 Å². The van der Waals surface area contributed by atoms with Gasteiger partial charge in [-0.3, -0.25) is 14.9 Å². The van der Waals surface area contributed by atoms with Crippen LogP contribution in [0.1, 0.15) is 31.8 Å². The highest BCUT2D eigenvalue weighted by Gasteiger charge is 2.15. The number of methoxy groups -OCH3 is 1. The highest BCUT2D eigenvalue weighted by atomic mass is 16.5. The van der Waals surface area contributed by atoms with Gasteiger partial charge >= 0.3 is 6.03 Å². The normalized spacial score (nSPS) is 10.2. The van der Waals surface area contributed by atoms with Crippen LogP contribution in [-0.4, -0.2) is 36.5 Å². The number of carbonyl (C=O) groups is 3. The van der Waals surface area contributed by atoms with Crippen molar-refractivity contribution in [3.8, 4) is 11.5 Å². The zero-order valence-electron chi connectivity index (χ0n) is 16.9. The van der Waals surface area contributed by atoms with Crippen LogP contribution in [0.15, 0.2) is 72.8 Å². The van der Waals surface area contributed by atoms with Crippen LogP contribution in [0.3, 0.4) is 0 Å². The molecule has 0 unspecified atom stereocenters. The van der Waals surface area contributed by atoms with Crippen molar-refractivity contribution in [1.82, 2.24) is 10.6 Å². The standard InChI is InChI=1S/C24H22N2O5/c1-31-21-5-3-2-4-20(21)22(28)17-8-10-18(11-9-17)23(29)26-24(30)25-15-14-16-6-12-19(27)13-7-16/h2-13,27H,14-15H2,1H3,(H2,25,26,29,30). The number of nitrogens with one attached hydrogen (secondary N) is 2. The van der Waals surface area contributed by atoms with Crippen molar-refractivity contribution in [3.63, 3.8) is 0 Å². The number of carbonyl (C=O) groups excluding carboxylic acids is 3. The Bertz CT molecular complexity index is 1080. The molecule has 31 heavy (non-hydrogen) atoms. The Kier molecular flexibility index (Phi) is 7.01. The number of imide groups is 1. The quantitative estimate of drug-likeness (QED) is 0.511. The molecule has 0 saturated carbocycles. The molecule has 7 heteroatoms. The summed E-state index contributed by atoms with van der Waals surface area (Å²) in [5.41, 5.74) is 2.03. The number of para-hydroxylation sites is 1. The molecule has 0 aliphatic carbocycles. The van der Waals surface area contributed by atoms with Crippen molar-refractivity contribution in [2.45, 2.75) is 6.42 Å². The van der Waals surface area contributed by atoms with Crippen molar-refractivity contribution in [3.05, 3.63) is 95.1 Å². The van der Waals surface area contributed by atoms with Gasteiger partial charge in [-0.15, -0.1) is 0 Å². The van der Waals surface area contributed by atoms with Gasteiger partial charge in [0.05, 0.1) is 12.7 Å². The van der Waals surface area contributed by atoms with E-state index in [2.05, 4.69) is 10.6 Å². The maximum absolute atomic E-state index is 12.7. The average molecular weight is 418 g/mol. The first-order chi connectivity index (χ1) is 15.0. The fourth-order valence-electron chi connectivity index (χ4n) is 2.96. The Hall–Kier alpha value is -4.13. The minimum Gasteiger partial charge on any atom is -0.508 e. The van der Waals surface area contributed by atoms with Crippen molar-refractivity contribution < 1.29 is 24.2 Å². The second-order valence-electron chi connectivity index (χ2n) is 6.73. The van der Waals surface area contributed by atoms with Crippen molar-refractivity contribution >= 4 is 17.7 Å². The van der Waals surface area contributed by atoms with Gasteiger partial charge in [0.2, 0.25) is 0 Å². The SMILES string of the molecule is COc1ccccc1C(=O)c1ccc(C(=O)NC(=O)NCCc2ccc(O)cc2)cc1. The van der Waals surface area contributed by atoms with Gasteiger partial charge in [0, 0.05) is 17.7 Å². The molecule has 7 nitrogen and oxygen atoms in total. The number of ether oxygens (including phenoxy) is 1. The first-order valence-electron chi connectivity index (χ1n) is 9.63. The summed E-state index contributed by atoms with van der Waals surface area (Å²) in [6.45, 7) is 0.330. The Balaban J connectivity index is 1.54. The second-order valence-corrected chi connectivity index (χ2v) is 6.73. The van der Waals surface area contributed by atoms with Crippen LogP contribution in [0.4, 0.5) is 4.79 Å². The fraction of sp³-hybridized carbons (Fsp3) is 0.125. The van der Waals surface area contributed by atoms with Gasteiger partial charge in [-0.2, -0.15) is 0 Å². The lowest BCUT2D eigenvalue weighted by Gasteiger charge is -2.09. The van der Waals surface area contributed by atoms with Crippen LogP contribution in [0.5, 0.6) is 11.5 Å². The molecule has 0 spiro atoms. The summed E-state index contributed by atoms with van der Waals surface area (Å²) in [5.74, 6) is -0.149. The molecule has 3 aromatic carbocycles. The number of hydrogen-bond acceptors (Lipinski definition) is 5. The van der Waals surface area contributed by atoms with Crippen molar-refractivity contribution in [2.24, 2.45) is 0 Å². The largest absolute Gasteiger partial charge is 0.508 e. The molecule has 0 saturated heterocycles. The number of ketones is 1. The molecule has 0 aliphatic rings. The van der Waals surface area contributed by atoms with Gasteiger partial charge in [0.25, 0.3) is 5.91 Å². The minimum absolute atomic E-state index is 0.177. The Morgan fingerprint density at radius 3 is 2.19 bits per heavy atom. The monoisotopic (exact) mass is 418 g/mol. The molecule has 3 amide bonds. The number of amides is 3. The van der Waals surface area contributed by atoms with Crippen LogP contribution in [0.25, 0.3) is 0 Å². The molecular formula is C24H22N2O5. The number of aromatic hydroxyl groups is 1. The highest BCUT2D eigenvalue weighted by molar-refractivity contribution is 6.11. The lowest BCUT2D eigenvalue weighted by molar-refractivity contribution is 0.0962. The third-order valence-electron chi connectivity index (χ3n) is 4.62. The summed E-state index contributed by atoms with van der Waals surface area (Å²) >= 11 is 0. The minimum atomic E-state index is -0.613. The lowest BCUT2D eigenvalue weighted by Crippen LogP contribution is -2.40. The molecule has 0 heterocycles. The van der Waals surface area contributed by atoms with E-state index in [9.17, 15) is 19.5 Å². The molecule has 0 atom stereocenters. The zero-order valence-corrected chi connectivity index (χ0v) is 16.9. The van der Waals surface area contributed by atoms with Gasteiger partial charge in [-0.1, -0.05) is 36.4 Å². The fourth-order valence-corrected chi connectivity index (χ4v) is 2.96.